The van der Waals surface area contributed by atoms with Crippen LogP contribution in [0.25, 0.3) is 0 Å². The van der Waals surface area contributed by atoms with Crippen molar-refractivity contribution in [1.82, 2.24) is 0 Å². The van der Waals surface area contributed by atoms with Crippen molar-refractivity contribution in [3.8, 4) is 0 Å². The van der Waals surface area contributed by atoms with Gasteiger partial charge in [0.25, 0.3) is 0 Å². The predicted molar refractivity (Wildman–Crippen MR) is 42.4 cm³/mol. The van der Waals surface area contributed by atoms with Crippen molar-refractivity contribution in [2.75, 3.05) is 0 Å². The van der Waals surface area contributed by atoms with Crippen molar-refractivity contribution in [2.45, 2.75) is 20.8 Å². The second-order valence-corrected chi connectivity index (χ2v) is 2.15. The number of rotatable bonds is 2. The van der Waals surface area contributed by atoms with Gasteiger partial charge in [0.15, 0.2) is 5.78 Å². The zero-order valence-electron chi connectivity index (χ0n) is 6.64. The van der Waals surface area contributed by atoms with E-state index in [1.165, 1.54) is 6.92 Å². The third-order valence-electron chi connectivity index (χ3n) is 1.22. The lowest BCUT2D eigenvalue weighted by Crippen LogP contribution is -2.08. The second-order valence-electron chi connectivity index (χ2n) is 2.15. The number of hydrogen-bond acceptors (Lipinski definition) is 2. The lowest BCUT2D eigenvalue weighted by atomic mass is 10.2. The van der Waals surface area contributed by atoms with Crippen LogP contribution in [0.2, 0.25) is 0 Å². The first kappa shape index (κ1) is 8.95. The van der Waals surface area contributed by atoms with Gasteiger partial charge < -0.3 is 5.73 Å². The summed E-state index contributed by atoms with van der Waals surface area (Å²) in [5.41, 5.74) is 6.60. The van der Waals surface area contributed by atoms with Crippen molar-refractivity contribution in [3.63, 3.8) is 0 Å². The smallest absolute Gasteiger partial charge is 0.175 e. The van der Waals surface area contributed by atoms with Crippen LogP contribution >= 0.6 is 0 Å². The van der Waals surface area contributed by atoms with E-state index in [4.69, 9.17) is 5.73 Å². The van der Waals surface area contributed by atoms with Crippen LogP contribution in [-0.4, -0.2) is 5.78 Å². The molecule has 0 aromatic carbocycles. The van der Waals surface area contributed by atoms with E-state index in [0.717, 1.165) is 5.57 Å². The number of nitrogens with two attached hydrogens (primary N) is 1. The molecule has 0 unspecified atom stereocenters. The van der Waals surface area contributed by atoms with Crippen LogP contribution in [0, 0.1) is 0 Å². The van der Waals surface area contributed by atoms with Crippen molar-refractivity contribution >= 4 is 5.78 Å². The van der Waals surface area contributed by atoms with Crippen molar-refractivity contribution in [3.05, 3.63) is 23.4 Å². The molecule has 0 saturated carbocycles. The van der Waals surface area contributed by atoms with Crippen molar-refractivity contribution in [1.29, 1.82) is 0 Å². The monoisotopic (exact) mass is 139 g/mol. The average Bonchev–Trinajstić information content (AvgIpc) is 1.87. The van der Waals surface area contributed by atoms with Crippen LogP contribution in [0.15, 0.2) is 23.4 Å². The molecule has 0 aliphatic rings. The molecule has 56 valence electrons. The molecule has 0 rings (SSSR count). The number of carbonyl (C=O) groups is 1. The van der Waals surface area contributed by atoms with E-state index in [2.05, 4.69) is 0 Å². The summed E-state index contributed by atoms with van der Waals surface area (Å²) in [5, 5.41) is 0. The zero-order valence-corrected chi connectivity index (χ0v) is 6.64. The van der Waals surface area contributed by atoms with Gasteiger partial charge in [-0.2, -0.15) is 0 Å². The highest BCUT2D eigenvalue weighted by Gasteiger charge is 1.98. The molecule has 0 amide bonds. The summed E-state index contributed by atoms with van der Waals surface area (Å²) in [4.78, 5) is 10.6. The van der Waals surface area contributed by atoms with Crippen molar-refractivity contribution in [2.24, 2.45) is 5.73 Å². The first-order chi connectivity index (χ1) is 4.59. The maximum absolute atomic E-state index is 10.6. The first-order valence-electron chi connectivity index (χ1n) is 3.19. The molecule has 0 aromatic rings. The molecular formula is C8H13NO. The standard InChI is InChI=1S/C8H13NO/c1-4-5-6(2)8(9)7(3)10/h4-5H,9H2,1-3H3/b5-4-,8-6-. The molecule has 0 atom stereocenters. The summed E-state index contributed by atoms with van der Waals surface area (Å²) in [7, 11) is 0. The molecule has 0 aliphatic carbocycles. The van der Waals surface area contributed by atoms with E-state index in [0.29, 0.717) is 5.70 Å². The van der Waals surface area contributed by atoms with E-state index in [1.54, 1.807) is 0 Å². The molecule has 0 aliphatic heterocycles. The quantitative estimate of drug-likeness (QED) is 0.464. The Morgan fingerprint density at radius 1 is 1.40 bits per heavy atom. The second kappa shape index (κ2) is 3.88. The Bertz CT molecular complexity index is 189. The summed E-state index contributed by atoms with van der Waals surface area (Å²) in [5.74, 6) is -0.0735. The normalized spacial score (nSPS) is 13.5. The Kier molecular flexibility index (Phi) is 3.47. The molecular weight excluding hydrogens is 126 g/mol. The van der Waals surface area contributed by atoms with E-state index in [9.17, 15) is 4.79 Å². The molecule has 0 heterocycles. The van der Waals surface area contributed by atoms with Crippen LogP contribution < -0.4 is 5.73 Å². The number of allylic oxidation sites excluding steroid dienone is 4. The van der Waals surface area contributed by atoms with Gasteiger partial charge in [-0.3, -0.25) is 4.79 Å². The lowest BCUT2D eigenvalue weighted by Gasteiger charge is -1.96. The highest BCUT2D eigenvalue weighted by molar-refractivity contribution is 5.93. The van der Waals surface area contributed by atoms with Gasteiger partial charge in [-0.25, -0.2) is 0 Å². The van der Waals surface area contributed by atoms with Gasteiger partial charge in [0.2, 0.25) is 0 Å². The largest absolute Gasteiger partial charge is 0.396 e. The third kappa shape index (κ3) is 2.49. The van der Waals surface area contributed by atoms with Gasteiger partial charge in [0.1, 0.15) is 0 Å². The molecule has 2 heteroatoms. The van der Waals surface area contributed by atoms with E-state index >= 15 is 0 Å². The third-order valence-corrected chi connectivity index (χ3v) is 1.22. The number of carbonyl (C=O) groups excluding carboxylic acids is 1. The first-order valence-corrected chi connectivity index (χ1v) is 3.19. The number of hydrogen-bond donors (Lipinski definition) is 1. The Morgan fingerprint density at radius 2 is 1.90 bits per heavy atom. The van der Waals surface area contributed by atoms with E-state index < -0.39 is 0 Å². The van der Waals surface area contributed by atoms with Gasteiger partial charge in [-0.15, -0.1) is 0 Å². The minimum absolute atomic E-state index is 0.0735. The molecule has 0 fully saturated rings. The fraction of sp³-hybridized carbons (Fsp3) is 0.375. The highest BCUT2D eigenvalue weighted by atomic mass is 16.1. The minimum atomic E-state index is -0.0735. The summed E-state index contributed by atoms with van der Waals surface area (Å²) < 4.78 is 0. The SMILES string of the molecule is C/C=C\C(C)=C(/N)C(C)=O. The van der Waals surface area contributed by atoms with Crippen LogP contribution in [0.5, 0.6) is 0 Å². The Labute approximate surface area is 61.4 Å². The van der Waals surface area contributed by atoms with Gasteiger partial charge in [-0.1, -0.05) is 12.2 Å². The van der Waals surface area contributed by atoms with E-state index in [-0.39, 0.29) is 5.78 Å². The zero-order chi connectivity index (χ0) is 8.15. The molecule has 0 radical (unpaired) electrons. The summed E-state index contributed by atoms with van der Waals surface area (Å²) in [6.07, 6.45) is 3.67. The van der Waals surface area contributed by atoms with Crippen LogP contribution in [0.4, 0.5) is 0 Å². The van der Waals surface area contributed by atoms with Gasteiger partial charge in [0, 0.05) is 6.92 Å². The molecule has 0 saturated heterocycles. The van der Waals surface area contributed by atoms with Crippen LogP contribution in [0.1, 0.15) is 20.8 Å². The maximum Gasteiger partial charge on any atom is 0.175 e. The van der Waals surface area contributed by atoms with Gasteiger partial charge in [-0.05, 0) is 19.4 Å². The summed E-state index contributed by atoms with van der Waals surface area (Å²) in [6.45, 7) is 5.16. The highest BCUT2D eigenvalue weighted by Crippen LogP contribution is 1.99. The average molecular weight is 139 g/mol. The maximum atomic E-state index is 10.6. The topological polar surface area (TPSA) is 43.1 Å². The van der Waals surface area contributed by atoms with Crippen molar-refractivity contribution < 1.29 is 4.79 Å². The van der Waals surface area contributed by atoms with Crippen LogP contribution in [-0.2, 0) is 4.79 Å². The molecule has 2 nitrogen and oxygen atoms in total. The van der Waals surface area contributed by atoms with E-state index in [1.807, 2.05) is 26.0 Å². The van der Waals surface area contributed by atoms with Gasteiger partial charge in [0.05, 0.1) is 5.70 Å². The molecule has 0 bridgehead atoms. The fourth-order valence-electron chi connectivity index (χ4n) is 0.617. The lowest BCUT2D eigenvalue weighted by molar-refractivity contribution is -0.113. The van der Waals surface area contributed by atoms with Crippen LogP contribution in [0.3, 0.4) is 0 Å². The Balaban J connectivity index is 4.50. The predicted octanol–water partition coefficient (Wildman–Crippen LogP) is 1.38. The molecule has 0 spiro atoms. The minimum Gasteiger partial charge on any atom is -0.396 e. The summed E-state index contributed by atoms with van der Waals surface area (Å²) in [6, 6.07) is 0. The summed E-state index contributed by atoms with van der Waals surface area (Å²) >= 11 is 0. The number of ketones is 1. The van der Waals surface area contributed by atoms with Gasteiger partial charge >= 0.3 is 0 Å². The Hall–Kier alpha value is -1.05. The fourth-order valence-corrected chi connectivity index (χ4v) is 0.617. The molecule has 0 aromatic heterocycles. The molecule has 10 heavy (non-hydrogen) atoms. The Morgan fingerprint density at radius 3 is 2.20 bits per heavy atom. The molecule has 2 N–H and O–H groups in total. The number of Topliss-reactive ketones (excluding diaryl/α,β-unsaturated/α-hetero) is 1.